The fraction of sp³-hybridized carbons (Fsp3) is 0.900. The molecule has 8 nitrogen and oxygen atoms in total. The fourth-order valence-electron chi connectivity index (χ4n) is 1.90. The summed E-state index contributed by atoms with van der Waals surface area (Å²) in [6, 6.07) is -1.30. The maximum absolute atomic E-state index is 12.1. The molecular weight excluding hydrogens is 276 g/mol. The molecule has 0 aromatic rings. The average molecular weight is 296 g/mol. The number of hydrogen-bond donors (Lipinski definition) is 2. The van der Waals surface area contributed by atoms with Gasteiger partial charge < -0.3 is 14.6 Å². The van der Waals surface area contributed by atoms with Crippen LogP contribution in [0, 0.1) is 0 Å². The Balaban J connectivity index is 2.76. The van der Waals surface area contributed by atoms with Crippen LogP contribution < -0.4 is 4.72 Å². The molecule has 0 bridgehead atoms. The third-order valence-electron chi connectivity index (χ3n) is 2.65. The van der Waals surface area contributed by atoms with Crippen molar-refractivity contribution in [1.29, 1.82) is 0 Å². The number of hydrogen-bond acceptors (Lipinski definition) is 5. The van der Waals surface area contributed by atoms with E-state index < -0.39 is 22.2 Å². The first-order valence-electron chi connectivity index (χ1n) is 5.91. The maximum Gasteiger partial charge on any atom is 0.324 e. The van der Waals surface area contributed by atoms with Gasteiger partial charge in [0, 0.05) is 20.2 Å². The van der Waals surface area contributed by atoms with Gasteiger partial charge in [-0.3, -0.25) is 4.79 Å². The van der Waals surface area contributed by atoms with Crippen molar-refractivity contribution in [3.8, 4) is 0 Å². The summed E-state index contributed by atoms with van der Waals surface area (Å²) in [7, 11) is -2.56. The molecule has 19 heavy (non-hydrogen) atoms. The van der Waals surface area contributed by atoms with Gasteiger partial charge in [-0.05, 0) is 13.8 Å². The molecule has 0 radical (unpaired) electrons. The zero-order valence-corrected chi connectivity index (χ0v) is 12.0. The van der Waals surface area contributed by atoms with Crippen molar-refractivity contribution < 1.29 is 27.8 Å². The number of morpholine rings is 1. The molecule has 1 aliphatic heterocycles. The third kappa shape index (κ3) is 4.69. The van der Waals surface area contributed by atoms with Crippen molar-refractivity contribution in [1.82, 2.24) is 9.03 Å². The maximum atomic E-state index is 12.1. The number of carboxylic acids is 1. The van der Waals surface area contributed by atoms with E-state index in [-0.39, 0.29) is 31.9 Å². The van der Waals surface area contributed by atoms with E-state index in [1.807, 2.05) is 0 Å². The van der Waals surface area contributed by atoms with E-state index in [0.717, 1.165) is 0 Å². The Labute approximate surface area is 112 Å². The summed E-state index contributed by atoms with van der Waals surface area (Å²) in [4.78, 5) is 10.9. The summed E-state index contributed by atoms with van der Waals surface area (Å²) in [6.07, 6.45) is -0.461. The Hall–Kier alpha value is -0.740. The first kappa shape index (κ1) is 16.3. The van der Waals surface area contributed by atoms with Crippen LogP contribution in [0.1, 0.15) is 13.8 Å². The van der Waals surface area contributed by atoms with Gasteiger partial charge in [-0.2, -0.15) is 17.4 Å². The van der Waals surface area contributed by atoms with Gasteiger partial charge in [-0.1, -0.05) is 0 Å². The number of methoxy groups -OCH3 is 1. The lowest BCUT2D eigenvalue weighted by Gasteiger charge is -2.34. The number of carboxylic acid groups (broad SMARTS) is 1. The summed E-state index contributed by atoms with van der Waals surface area (Å²) in [5, 5.41) is 8.92. The summed E-state index contributed by atoms with van der Waals surface area (Å²) < 4.78 is 37.7. The van der Waals surface area contributed by atoms with Crippen molar-refractivity contribution in [2.45, 2.75) is 32.1 Å². The monoisotopic (exact) mass is 296 g/mol. The first-order valence-corrected chi connectivity index (χ1v) is 7.35. The highest BCUT2D eigenvalue weighted by Gasteiger charge is 2.34. The van der Waals surface area contributed by atoms with Crippen LogP contribution in [0.25, 0.3) is 0 Å². The molecule has 0 amide bonds. The summed E-state index contributed by atoms with van der Waals surface area (Å²) >= 11 is 0. The van der Waals surface area contributed by atoms with E-state index in [4.69, 9.17) is 9.84 Å². The molecule has 1 aliphatic rings. The molecule has 1 saturated heterocycles. The number of rotatable bonds is 6. The van der Waals surface area contributed by atoms with Gasteiger partial charge in [0.1, 0.15) is 6.04 Å². The smallest absolute Gasteiger partial charge is 0.324 e. The van der Waals surface area contributed by atoms with Crippen LogP contribution in [-0.4, -0.2) is 68.9 Å². The Kier molecular flexibility index (Phi) is 5.68. The van der Waals surface area contributed by atoms with E-state index >= 15 is 0 Å². The van der Waals surface area contributed by atoms with E-state index in [1.54, 1.807) is 13.8 Å². The largest absolute Gasteiger partial charge is 0.480 e. The highest BCUT2D eigenvalue weighted by Crippen LogP contribution is 2.13. The molecule has 0 saturated carbocycles. The lowest BCUT2D eigenvalue weighted by atomic mass is 10.3. The van der Waals surface area contributed by atoms with E-state index in [2.05, 4.69) is 9.46 Å². The van der Waals surface area contributed by atoms with Gasteiger partial charge in [-0.25, -0.2) is 0 Å². The number of nitrogens with zero attached hydrogens (tertiary/aromatic N) is 1. The Morgan fingerprint density at radius 3 is 2.42 bits per heavy atom. The van der Waals surface area contributed by atoms with E-state index in [1.165, 1.54) is 11.4 Å². The molecule has 0 spiro atoms. The standard InChI is InChI=1S/C10H20N2O6S/c1-7-4-12(5-8(2)18-7)19(15,16)11-9(6-17-3)10(13)14/h7-9,11H,4-6H2,1-3H3,(H,13,14). The van der Waals surface area contributed by atoms with Crippen molar-refractivity contribution in [2.75, 3.05) is 26.8 Å². The highest BCUT2D eigenvalue weighted by molar-refractivity contribution is 7.87. The number of nitrogens with one attached hydrogen (secondary N) is 1. The predicted molar refractivity (Wildman–Crippen MR) is 66.9 cm³/mol. The second-order valence-corrected chi connectivity index (χ2v) is 6.25. The minimum atomic E-state index is -3.87. The van der Waals surface area contributed by atoms with Crippen LogP contribution in [0.3, 0.4) is 0 Å². The molecular formula is C10H20N2O6S. The molecule has 1 heterocycles. The van der Waals surface area contributed by atoms with Gasteiger partial charge in [-0.15, -0.1) is 0 Å². The second kappa shape index (κ2) is 6.62. The molecule has 112 valence electrons. The number of ether oxygens (including phenoxy) is 2. The summed E-state index contributed by atoms with van der Waals surface area (Å²) in [5.41, 5.74) is 0. The van der Waals surface area contributed by atoms with Gasteiger partial charge >= 0.3 is 5.97 Å². The van der Waals surface area contributed by atoms with Gasteiger partial charge in [0.2, 0.25) is 0 Å². The molecule has 0 aromatic heterocycles. The number of aliphatic carboxylic acids is 1. The minimum Gasteiger partial charge on any atom is -0.480 e. The molecule has 3 atom stereocenters. The minimum absolute atomic E-state index is 0.193. The lowest BCUT2D eigenvalue weighted by Crippen LogP contribution is -2.55. The van der Waals surface area contributed by atoms with E-state index in [0.29, 0.717) is 0 Å². The molecule has 0 aliphatic carbocycles. The first-order chi connectivity index (χ1) is 8.76. The molecule has 1 rings (SSSR count). The van der Waals surface area contributed by atoms with Crippen molar-refractivity contribution in [3.63, 3.8) is 0 Å². The van der Waals surface area contributed by atoms with Gasteiger partial charge in [0.25, 0.3) is 10.2 Å². The topological polar surface area (TPSA) is 105 Å². The van der Waals surface area contributed by atoms with Crippen LogP contribution in [-0.2, 0) is 24.5 Å². The van der Waals surface area contributed by atoms with Crippen LogP contribution in [0.15, 0.2) is 0 Å². The van der Waals surface area contributed by atoms with Crippen LogP contribution in [0.2, 0.25) is 0 Å². The number of carbonyl (C=O) groups is 1. The fourth-order valence-corrected chi connectivity index (χ4v) is 3.39. The van der Waals surface area contributed by atoms with Crippen LogP contribution in [0.5, 0.6) is 0 Å². The van der Waals surface area contributed by atoms with E-state index in [9.17, 15) is 13.2 Å². The quantitative estimate of drug-likeness (QED) is 0.653. The van der Waals surface area contributed by atoms with Gasteiger partial charge in [0.15, 0.2) is 0 Å². The zero-order valence-electron chi connectivity index (χ0n) is 11.2. The highest BCUT2D eigenvalue weighted by atomic mass is 32.2. The average Bonchev–Trinajstić information content (AvgIpc) is 2.26. The molecule has 2 N–H and O–H groups in total. The Morgan fingerprint density at radius 2 is 2.00 bits per heavy atom. The van der Waals surface area contributed by atoms with Crippen LogP contribution in [0.4, 0.5) is 0 Å². The summed E-state index contributed by atoms with van der Waals surface area (Å²) in [5.74, 6) is -1.28. The second-order valence-electron chi connectivity index (χ2n) is 4.54. The summed E-state index contributed by atoms with van der Waals surface area (Å²) in [6.45, 7) is 3.69. The molecule has 0 aromatic carbocycles. The Bertz CT molecular complexity index is 402. The van der Waals surface area contributed by atoms with Gasteiger partial charge in [0.05, 0.1) is 18.8 Å². The zero-order chi connectivity index (χ0) is 14.6. The van der Waals surface area contributed by atoms with Crippen molar-refractivity contribution >= 4 is 16.2 Å². The molecule has 1 fully saturated rings. The van der Waals surface area contributed by atoms with Crippen molar-refractivity contribution in [3.05, 3.63) is 0 Å². The van der Waals surface area contributed by atoms with Crippen LogP contribution >= 0.6 is 0 Å². The normalized spacial score (nSPS) is 27.1. The molecule has 3 unspecified atom stereocenters. The van der Waals surface area contributed by atoms with Crippen molar-refractivity contribution in [2.24, 2.45) is 0 Å². The Morgan fingerprint density at radius 1 is 1.47 bits per heavy atom. The third-order valence-corrected chi connectivity index (χ3v) is 4.21. The molecule has 9 heteroatoms. The SMILES string of the molecule is COCC(NS(=O)(=O)N1CC(C)OC(C)C1)C(=O)O. The predicted octanol–water partition coefficient (Wildman–Crippen LogP) is -0.970. The lowest BCUT2D eigenvalue weighted by molar-refractivity contribution is -0.140.